The summed E-state index contributed by atoms with van der Waals surface area (Å²) >= 11 is 7.48. The molecule has 0 fully saturated rings. The zero-order valence-corrected chi connectivity index (χ0v) is 22.1. The number of hydrogen-bond acceptors (Lipinski definition) is 5. The van der Waals surface area contributed by atoms with Crippen molar-refractivity contribution in [3.8, 4) is 0 Å². The molecule has 2 heterocycles. The smallest absolute Gasteiger partial charge is 0.255 e. The minimum Gasteiger partial charge on any atom is -0.328 e. The SMILES string of the molecule is CC1=C(C(=O)Nc2ccc(C)cc2C)[C@@H](c2ccc(F)cc2)n2nc(SCc3ccc(Cl)cc3)nc2N1. The van der Waals surface area contributed by atoms with Gasteiger partial charge in [0.05, 0.1) is 5.57 Å². The molecule has 188 valence electrons. The summed E-state index contributed by atoms with van der Waals surface area (Å²) in [6, 6.07) is 19.0. The Morgan fingerprint density at radius 1 is 1.08 bits per heavy atom. The van der Waals surface area contributed by atoms with Crippen molar-refractivity contribution in [2.24, 2.45) is 0 Å². The standard InChI is InChI=1S/C28H25ClFN5OS/c1-16-4-13-23(17(2)14-16)32-26(36)24-18(3)31-27-33-28(37-15-19-5-9-21(29)10-6-19)34-35(27)25(24)20-7-11-22(30)12-8-20/h4-14,25H,15H2,1-3H3,(H,32,36)(H,31,33,34)/t25-/m1/s1. The lowest BCUT2D eigenvalue weighted by Crippen LogP contribution is -2.31. The predicted molar refractivity (Wildman–Crippen MR) is 146 cm³/mol. The van der Waals surface area contributed by atoms with Crippen molar-refractivity contribution in [2.45, 2.75) is 37.7 Å². The number of anilines is 2. The van der Waals surface area contributed by atoms with Gasteiger partial charge >= 0.3 is 0 Å². The molecule has 1 atom stereocenters. The van der Waals surface area contributed by atoms with E-state index in [0.29, 0.717) is 33.2 Å². The lowest BCUT2D eigenvalue weighted by Gasteiger charge is -2.28. The van der Waals surface area contributed by atoms with Gasteiger partial charge in [0.15, 0.2) is 0 Å². The largest absolute Gasteiger partial charge is 0.328 e. The molecule has 3 aromatic carbocycles. The van der Waals surface area contributed by atoms with Crippen LogP contribution in [0.5, 0.6) is 0 Å². The molecule has 1 aliphatic rings. The van der Waals surface area contributed by atoms with Gasteiger partial charge in [-0.05, 0) is 67.8 Å². The van der Waals surface area contributed by atoms with E-state index in [1.807, 2.05) is 63.2 Å². The molecule has 0 aliphatic carbocycles. The molecule has 0 radical (unpaired) electrons. The summed E-state index contributed by atoms with van der Waals surface area (Å²) in [5.41, 5.74) is 5.78. The molecule has 5 rings (SSSR count). The van der Waals surface area contributed by atoms with Gasteiger partial charge in [-0.15, -0.1) is 5.10 Å². The molecule has 9 heteroatoms. The van der Waals surface area contributed by atoms with Crippen molar-refractivity contribution in [1.82, 2.24) is 14.8 Å². The summed E-state index contributed by atoms with van der Waals surface area (Å²) in [6.07, 6.45) is 0. The summed E-state index contributed by atoms with van der Waals surface area (Å²) in [4.78, 5) is 18.3. The van der Waals surface area contributed by atoms with Crippen LogP contribution in [0.3, 0.4) is 0 Å². The van der Waals surface area contributed by atoms with Gasteiger partial charge in [-0.2, -0.15) is 4.98 Å². The van der Waals surface area contributed by atoms with E-state index in [-0.39, 0.29) is 11.7 Å². The van der Waals surface area contributed by atoms with E-state index < -0.39 is 6.04 Å². The second-order valence-corrected chi connectivity index (χ2v) is 10.3. The Kier molecular flexibility index (Phi) is 7.04. The van der Waals surface area contributed by atoms with Crippen molar-refractivity contribution in [1.29, 1.82) is 0 Å². The number of allylic oxidation sites excluding steroid dienone is 1. The van der Waals surface area contributed by atoms with Gasteiger partial charge in [-0.1, -0.05) is 65.3 Å². The highest BCUT2D eigenvalue weighted by atomic mass is 35.5. The predicted octanol–water partition coefficient (Wildman–Crippen LogP) is 6.91. The molecule has 1 aliphatic heterocycles. The number of nitrogens with zero attached hydrogens (tertiary/aromatic N) is 3. The summed E-state index contributed by atoms with van der Waals surface area (Å²) in [5, 5.41) is 12.3. The number of rotatable bonds is 6. The highest BCUT2D eigenvalue weighted by Gasteiger charge is 2.34. The third kappa shape index (κ3) is 5.40. The van der Waals surface area contributed by atoms with Gasteiger partial charge in [0.1, 0.15) is 11.9 Å². The van der Waals surface area contributed by atoms with Crippen LogP contribution in [0, 0.1) is 19.7 Å². The third-order valence-corrected chi connectivity index (χ3v) is 7.34. The fraction of sp³-hybridized carbons (Fsp3) is 0.179. The second-order valence-electron chi connectivity index (χ2n) is 8.97. The molecule has 1 aromatic heterocycles. The fourth-order valence-electron chi connectivity index (χ4n) is 4.31. The highest BCUT2D eigenvalue weighted by molar-refractivity contribution is 7.98. The first-order valence-corrected chi connectivity index (χ1v) is 13.1. The molecule has 0 saturated carbocycles. The minimum atomic E-state index is -0.583. The van der Waals surface area contributed by atoms with Crippen LogP contribution in [0.2, 0.25) is 5.02 Å². The van der Waals surface area contributed by atoms with Crippen molar-refractivity contribution in [3.63, 3.8) is 0 Å². The number of benzene rings is 3. The number of thioether (sulfide) groups is 1. The van der Waals surface area contributed by atoms with E-state index in [0.717, 1.165) is 27.9 Å². The molecule has 0 spiro atoms. The Labute approximate surface area is 224 Å². The molecule has 0 saturated heterocycles. The lowest BCUT2D eigenvalue weighted by molar-refractivity contribution is -0.113. The first-order valence-electron chi connectivity index (χ1n) is 11.7. The maximum absolute atomic E-state index is 13.8. The van der Waals surface area contributed by atoms with Gasteiger partial charge in [0, 0.05) is 22.2 Å². The molecule has 6 nitrogen and oxygen atoms in total. The number of carbonyl (C=O) groups is 1. The summed E-state index contributed by atoms with van der Waals surface area (Å²) in [7, 11) is 0. The first kappa shape index (κ1) is 25.0. The Bertz CT molecular complexity index is 1500. The van der Waals surface area contributed by atoms with Crippen LogP contribution in [0.25, 0.3) is 0 Å². The van der Waals surface area contributed by atoms with Crippen LogP contribution in [-0.4, -0.2) is 20.7 Å². The van der Waals surface area contributed by atoms with Gasteiger partial charge in [-0.3, -0.25) is 4.79 Å². The van der Waals surface area contributed by atoms with E-state index in [2.05, 4.69) is 15.6 Å². The number of amides is 1. The third-order valence-electron chi connectivity index (χ3n) is 6.17. The van der Waals surface area contributed by atoms with E-state index in [9.17, 15) is 9.18 Å². The average molecular weight is 534 g/mol. The summed E-state index contributed by atoms with van der Waals surface area (Å²) in [5.74, 6) is 0.572. The van der Waals surface area contributed by atoms with E-state index in [1.165, 1.54) is 23.9 Å². The van der Waals surface area contributed by atoms with Crippen LogP contribution in [0.1, 0.15) is 35.2 Å². The molecule has 0 unspecified atom stereocenters. The molecular weight excluding hydrogens is 509 g/mol. The van der Waals surface area contributed by atoms with Crippen LogP contribution in [-0.2, 0) is 10.5 Å². The van der Waals surface area contributed by atoms with Crippen molar-refractivity contribution >= 4 is 40.9 Å². The normalized spacial score (nSPS) is 14.8. The maximum Gasteiger partial charge on any atom is 0.255 e. The monoisotopic (exact) mass is 533 g/mol. The van der Waals surface area contributed by atoms with E-state index in [4.69, 9.17) is 16.7 Å². The minimum absolute atomic E-state index is 0.261. The Hall–Kier alpha value is -3.62. The van der Waals surface area contributed by atoms with Gasteiger partial charge in [-0.25, -0.2) is 9.07 Å². The fourth-order valence-corrected chi connectivity index (χ4v) is 5.22. The number of aryl methyl sites for hydroxylation is 2. The number of carbonyl (C=O) groups excluding carboxylic acids is 1. The van der Waals surface area contributed by atoms with Crippen LogP contribution >= 0.6 is 23.4 Å². The zero-order valence-electron chi connectivity index (χ0n) is 20.5. The quantitative estimate of drug-likeness (QED) is 0.263. The van der Waals surface area contributed by atoms with Crippen LogP contribution in [0.15, 0.2) is 83.2 Å². The topological polar surface area (TPSA) is 71.8 Å². The van der Waals surface area contributed by atoms with E-state index >= 15 is 0 Å². The molecule has 2 N–H and O–H groups in total. The summed E-state index contributed by atoms with van der Waals surface area (Å²) < 4.78 is 15.5. The highest BCUT2D eigenvalue weighted by Crippen LogP contribution is 2.37. The molecule has 4 aromatic rings. The van der Waals surface area contributed by atoms with Gasteiger partial charge in [0.25, 0.3) is 5.91 Å². The van der Waals surface area contributed by atoms with Crippen molar-refractivity contribution in [2.75, 3.05) is 10.6 Å². The van der Waals surface area contributed by atoms with Gasteiger partial charge < -0.3 is 10.6 Å². The number of aromatic nitrogens is 3. The average Bonchev–Trinajstić information content (AvgIpc) is 3.27. The molecular formula is C28H25ClFN5OS. The number of fused-ring (bicyclic) bond motifs is 1. The molecule has 37 heavy (non-hydrogen) atoms. The van der Waals surface area contributed by atoms with E-state index in [1.54, 1.807) is 16.8 Å². The Morgan fingerprint density at radius 2 is 1.81 bits per heavy atom. The lowest BCUT2D eigenvalue weighted by atomic mass is 9.95. The van der Waals surface area contributed by atoms with Gasteiger partial charge in [0.2, 0.25) is 11.1 Å². The zero-order chi connectivity index (χ0) is 26.1. The molecule has 0 bridgehead atoms. The maximum atomic E-state index is 13.8. The van der Waals surface area contributed by atoms with Crippen molar-refractivity contribution < 1.29 is 9.18 Å². The van der Waals surface area contributed by atoms with Crippen LogP contribution in [0.4, 0.5) is 16.0 Å². The summed E-state index contributed by atoms with van der Waals surface area (Å²) in [6.45, 7) is 5.81. The second kappa shape index (κ2) is 10.4. The van der Waals surface area contributed by atoms with Crippen molar-refractivity contribution in [3.05, 3.63) is 111 Å². The first-order chi connectivity index (χ1) is 17.8. The Morgan fingerprint density at radius 3 is 2.51 bits per heavy atom. The molecule has 1 amide bonds. The Balaban J connectivity index is 1.48. The van der Waals surface area contributed by atoms with Crippen LogP contribution < -0.4 is 10.6 Å². The number of hydrogen-bond donors (Lipinski definition) is 2. The number of halogens is 2. The number of nitrogens with one attached hydrogen (secondary N) is 2.